The van der Waals surface area contributed by atoms with Crippen molar-refractivity contribution in [1.82, 2.24) is 9.88 Å². The lowest BCUT2D eigenvalue weighted by Crippen LogP contribution is -2.31. The van der Waals surface area contributed by atoms with Crippen LogP contribution in [0.15, 0.2) is 70.1 Å². The van der Waals surface area contributed by atoms with Gasteiger partial charge in [-0.1, -0.05) is 18.2 Å². The van der Waals surface area contributed by atoms with E-state index < -0.39 is 0 Å². The fraction of sp³-hybridized carbons (Fsp3) is 0.200. The van der Waals surface area contributed by atoms with Gasteiger partial charge < -0.3 is 13.9 Å². The van der Waals surface area contributed by atoms with Crippen LogP contribution in [0, 0.1) is 6.92 Å². The van der Waals surface area contributed by atoms with Crippen LogP contribution in [0.2, 0.25) is 0 Å². The molecule has 0 saturated heterocycles. The van der Waals surface area contributed by atoms with Crippen molar-refractivity contribution in [2.45, 2.75) is 20.0 Å². The number of nitrogens with zero attached hydrogens (tertiary/aromatic N) is 2. The average molecular weight is 414 g/mol. The molecule has 0 spiro atoms. The molecule has 0 radical (unpaired) electrons. The molecule has 0 aliphatic carbocycles. The van der Waals surface area contributed by atoms with Gasteiger partial charge in [-0.05, 0) is 48.4 Å². The number of aryl methyl sites for hydroxylation is 1. The van der Waals surface area contributed by atoms with Gasteiger partial charge in [-0.2, -0.15) is 0 Å². The zero-order valence-corrected chi connectivity index (χ0v) is 17.4. The van der Waals surface area contributed by atoms with Crippen LogP contribution in [-0.2, 0) is 13.1 Å². The molecule has 4 aromatic rings. The van der Waals surface area contributed by atoms with E-state index >= 15 is 0 Å². The summed E-state index contributed by atoms with van der Waals surface area (Å²) in [6.45, 7) is 3.64. The Kier molecular flexibility index (Phi) is 4.92. The van der Waals surface area contributed by atoms with Gasteiger partial charge in [-0.25, -0.2) is 0 Å². The topological polar surface area (TPSA) is 64.8 Å². The molecule has 6 nitrogen and oxygen atoms in total. The van der Waals surface area contributed by atoms with Gasteiger partial charge in [0.25, 0.3) is 0 Å². The second kappa shape index (κ2) is 7.89. The van der Waals surface area contributed by atoms with Crippen molar-refractivity contribution in [3.05, 3.63) is 88.0 Å². The number of rotatable bonds is 4. The molecule has 31 heavy (non-hydrogen) atoms. The summed E-state index contributed by atoms with van der Waals surface area (Å²) in [6.07, 6.45) is 3.61. The molecule has 1 aliphatic rings. The summed E-state index contributed by atoms with van der Waals surface area (Å²) >= 11 is 0. The summed E-state index contributed by atoms with van der Waals surface area (Å²) in [4.78, 5) is 19.7. The summed E-state index contributed by atoms with van der Waals surface area (Å²) in [7, 11) is 1.62. The second-order valence-electron chi connectivity index (χ2n) is 7.63. The largest absolute Gasteiger partial charge is 0.497 e. The highest BCUT2D eigenvalue weighted by Crippen LogP contribution is 2.34. The van der Waals surface area contributed by atoms with Gasteiger partial charge in [0.05, 0.1) is 23.6 Å². The van der Waals surface area contributed by atoms with E-state index in [0.29, 0.717) is 42.1 Å². The number of methoxy groups -OCH3 is 1. The molecule has 5 rings (SSSR count). The van der Waals surface area contributed by atoms with E-state index in [9.17, 15) is 4.79 Å². The van der Waals surface area contributed by atoms with Gasteiger partial charge in [0.15, 0.2) is 0 Å². The lowest BCUT2D eigenvalue weighted by atomic mass is 10.0. The van der Waals surface area contributed by atoms with Crippen LogP contribution in [0.4, 0.5) is 0 Å². The van der Waals surface area contributed by atoms with Crippen molar-refractivity contribution in [2.24, 2.45) is 0 Å². The Labute approximate surface area is 179 Å². The van der Waals surface area contributed by atoms with Gasteiger partial charge in [0.2, 0.25) is 5.43 Å². The zero-order valence-electron chi connectivity index (χ0n) is 17.4. The summed E-state index contributed by atoms with van der Waals surface area (Å²) in [5, 5.41) is 0.557. The molecule has 6 heteroatoms. The van der Waals surface area contributed by atoms with Gasteiger partial charge in [-0.3, -0.25) is 14.7 Å². The maximum absolute atomic E-state index is 13.4. The number of pyridine rings is 1. The average Bonchev–Trinajstić information content (AvgIpc) is 2.80. The Morgan fingerprint density at radius 1 is 1.13 bits per heavy atom. The molecule has 0 fully saturated rings. The Balaban J connectivity index is 1.56. The maximum Gasteiger partial charge on any atom is 0.200 e. The van der Waals surface area contributed by atoms with E-state index in [2.05, 4.69) is 9.88 Å². The minimum atomic E-state index is -0.0453. The molecule has 0 bridgehead atoms. The molecule has 156 valence electrons. The molecular formula is C25H22N2O4. The highest BCUT2D eigenvalue weighted by atomic mass is 16.5. The third-order valence-electron chi connectivity index (χ3n) is 5.59. The Morgan fingerprint density at radius 2 is 1.97 bits per heavy atom. The third-order valence-corrected chi connectivity index (χ3v) is 5.59. The summed E-state index contributed by atoms with van der Waals surface area (Å²) in [5.74, 6) is 2.08. The van der Waals surface area contributed by atoms with E-state index in [1.54, 1.807) is 19.4 Å². The van der Waals surface area contributed by atoms with Crippen LogP contribution >= 0.6 is 0 Å². The summed E-state index contributed by atoms with van der Waals surface area (Å²) < 4.78 is 17.4. The summed E-state index contributed by atoms with van der Waals surface area (Å²) in [5.41, 5.74) is 3.92. The SMILES string of the molecule is COc1ccc(-c2c(C)oc3c4c(ccc3c2=O)OCN(Cc2cccnc2)C4)cc1. The molecule has 0 N–H and O–H groups in total. The Bertz CT molecular complexity index is 1300. The lowest BCUT2D eigenvalue weighted by molar-refractivity contribution is 0.0889. The molecule has 3 heterocycles. The first kappa shape index (κ1) is 19.3. The molecule has 0 unspecified atom stereocenters. The minimum Gasteiger partial charge on any atom is -0.497 e. The molecule has 1 aliphatic heterocycles. The number of aromatic nitrogens is 1. The quantitative estimate of drug-likeness (QED) is 0.489. The Morgan fingerprint density at radius 3 is 2.71 bits per heavy atom. The van der Waals surface area contributed by atoms with E-state index in [1.807, 2.05) is 55.6 Å². The van der Waals surface area contributed by atoms with Crippen LogP contribution in [0.25, 0.3) is 22.1 Å². The highest BCUT2D eigenvalue weighted by Gasteiger charge is 2.24. The molecule has 2 aromatic carbocycles. The number of fused-ring (bicyclic) bond motifs is 3. The van der Waals surface area contributed by atoms with Crippen molar-refractivity contribution in [1.29, 1.82) is 0 Å². The smallest absolute Gasteiger partial charge is 0.200 e. The van der Waals surface area contributed by atoms with E-state index in [0.717, 1.165) is 28.2 Å². The fourth-order valence-electron chi connectivity index (χ4n) is 4.06. The van der Waals surface area contributed by atoms with Gasteiger partial charge in [0, 0.05) is 25.5 Å². The van der Waals surface area contributed by atoms with E-state index in [4.69, 9.17) is 13.9 Å². The number of hydrogen-bond acceptors (Lipinski definition) is 6. The van der Waals surface area contributed by atoms with Crippen molar-refractivity contribution in [2.75, 3.05) is 13.8 Å². The van der Waals surface area contributed by atoms with Crippen LogP contribution in [0.3, 0.4) is 0 Å². The van der Waals surface area contributed by atoms with Crippen LogP contribution in [-0.4, -0.2) is 23.7 Å². The monoisotopic (exact) mass is 414 g/mol. The molecule has 0 amide bonds. The fourth-order valence-corrected chi connectivity index (χ4v) is 4.06. The lowest BCUT2D eigenvalue weighted by Gasteiger charge is -2.29. The van der Waals surface area contributed by atoms with Crippen molar-refractivity contribution in [3.63, 3.8) is 0 Å². The summed E-state index contributed by atoms with van der Waals surface area (Å²) in [6, 6.07) is 15.1. The maximum atomic E-state index is 13.4. The van der Waals surface area contributed by atoms with E-state index in [1.165, 1.54) is 0 Å². The number of hydrogen-bond donors (Lipinski definition) is 0. The molecule has 2 aromatic heterocycles. The van der Waals surface area contributed by atoms with Crippen LogP contribution < -0.4 is 14.9 Å². The van der Waals surface area contributed by atoms with Crippen molar-refractivity contribution < 1.29 is 13.9 Å². The Hall–Kier alpha value is -3.64. The van der Waals surface area contributed by atoms with Gasteiger partial charge in [-0.15, -0.1) is 0 Å². The first-order valence-electron chi connectivity index (χ1n) is 10.1. The van der Waals surface area contributed by atoms with Crippen molar-refractivity contribution >= 4 is 11.0 Å². The first-order chi connectivity index (χ1) is 15.1. The molecule has 0 saturated carbocycles. The predicted molar refractivity (Wildman–Crippen MR) is 118 cm³/mol. The normalized spacial score (nSPS) is 13.6. The zero-order chi connectivity index (χ0) is 21.4. The second-order valence-corrected chi connectivity index (χ2v) is 7.63. The highest BCUT2D eigenvalue weighted by molar-refractivity contribution is 5.86. The molecule has 0 atom stereocenters. The third kappa shape index (κ3) is 3.55. The minimum absolute atomic E-state index is 0.0453. The first-order valence-corrected chi connectivity index (χ1v) is 10.1. The van der Waals surface area contributed by atoms with Crippen molar-refractivity contribution in [3.8, 4) is 22.6 Å². The molecular weight excluding hydrogens is 392 g/mol. The number of benzene rings is 2. The van der Waals surface area contributed by atoms with E-state index in [-0.39, 0.29) is 5.43 Å². The van der Waals surface area contributed by atoms with Gasteiger partial charge in [0.1, 0.15) is 29.6 Å². The van der Waals surface area contributed by atoms with Crippen LogP contribution in [0.1, 0.15) is 16.9 Å². The predicted octanol–water partition coefficient (Wildman–Crippen LogP) is 4.52. The van der Waals surface area contributed by atoms with Gasteiger partial charge >= 0.3 is 0 Å². The number of ether oxygens (including phenoxy) is 2. The van der Waals surface area contributed by atoms with Crippen LogP contribution in [0.5, 0.6) is 11.5 Å². The standard InChI is InChI=1S/C25H22N2O4/c1-16-23(18-5-7-19(29-2)8-6-18)24(28)20-9-10-22-21(25(20)31-16)14-27(15-30-22)13-17-4-3-11-26-12-17/h3-12H,13-15H2,1-2H3.